The van der Waals surface area contributed by atoms with E-state index in [1.807, 2.05) is 20.8 Å². The van der Waals surface area contributed by atoms with Crippen LogP contribution < -0.4 is 0 Å². The van der Waals surface area contributed by atoms with Gasteiger partial charge in [-0.2, -0.15) is 5.10 Å². The molecule has 1 heterocycles. The Bertz CT molecular complexity index is 647. The van der Waals surface area contributed by atoms with E-state index >= 15 is 0 Å². The molecule has 0 aliphatic carbocycles. The maximum absolute atomic E-state index is 13.7. The maximum Gasteiger partial charge on any atom is 0.340 e. The molecule has 1 aromatic carbocycles. The van der Waals surface area contributed by atoms with E-state index in [-0.39, 0.29) is 11.3 Å². The van der Waals surface area contributed by atoms with Crippen LogP contribution in [0.25, 0.3) is 5.69 Å². The van der Waals surface area contributed by atoms with E-state index in [0.717, 1.165) is 29.4 Å². The number of nitrogens with zero attached hydrogens (tertiary/aromatic N) is 2. The second-order valence-corrected chi connectivity index (χ2v) is 4.35. The van der Waals surface area contributed by atoms with Crippen LogP contribution in [-0.4, -0.2) is 20.9 Å². The maximum atomic E-state index is 13.7. The van der Waals surface area contributed by atoms with E-state index in [4.69, 9.17) is 5.11 Å². The summed E-state index contributed by atoms with van der Waals surface area (Å²) in [4.78, 5) is 11.2. The Hall–Kier alpha value is -2.17. The molecule has 0 saturated carbocycles. The Balaban J connectivity index is 2.73. The predicted octanol–water partition coefficient (Wildman–Crippen LogP) is 2.89. The topological polar surface area (TPSA) is 55.1 Å². The third kappa shape index (κ3) is 2.12. The Morgan fingerprint density at radius 2 is 2.11 bits per heavy atom. The molecule has 0 bridgehead atoms. The molecule has 19 heavy (non-hydrogen) atoms. The number of hydrogen-bond acceptors (Lipinski definition) is 2. The lowest BCUT2D eigenvalue weighted by molar-refractivity contribution is 0.0691. The number of benzene rings is 1. The predicted molar refractivity (Wildman–Crippen MR) is 69.3 cm³/mol. The first-order chi connectivity index (χ1) is 8.97. The first-order valence-electron chi connectivity index (χ1n) is 6.04. The quantitative estimate of drug-likeness (QED) is 0.925. The molecule has 0 spiro atoms. The minimum Gasteiger partial charge on any atom is -0.478 e. The summed E-state index contributed by atoms with van der Waals surface area (Å²) in [5, 5.41) is 13.5. The summed E-state index contributed by atoms with van der Waals surface area (Å²) in [5.41, 5.74) is 2.64. The van der Waals surface area contributed by atoms with Crippen LogP contribution in [0, 0.1) is 19.7 Å². The van der Waals surface area contributed by atoms with Crippen LogP contribution in [0.5, 0.6) is 0 Å². The summed E-state index contributed by atoms with van der Waals surface area (Å²) in [7, 11) is 0. The number of aromatic carboxylic acids is 1. The number of carboxylic acids is 1. The molecule has 1 aromatic heterocycles. The standard InChI is InChI=1S/C14H15FN2O2/c1-4-10-8(2)16-17(9(10)3)12-7-5-6-11(15)13(12)14(18)19/h5-7H,4H2,1-3H3,(H,18,19). The van der Waals surface area contributed by atoms with Crippen LogP contribution in [0.15, 0.2) is 18.2 Å². The number of aryl methyl sites for hydroxylation is 1. The number of hydrogen-bond donors (Lipinski definition) is 1. The molecular formula is C14H15FN2O2. The first-order valence-corrected chi connectivity index (χ1v) is 6.04. The van der Waals surface area contributed by atoms with Crippen molar-refractivity contribution in [2.45, 2.75) is 27.2 Å². The van der Waals surface area contributed by atoms with Gasteiger partial charge < -0.3 is 5.11 Å². The molecule has 0 atom stereocenters. The summed E-state index contributed by atoms with van der Waals surface area (Å²) in [6.07, 6.45) is 0.801. The van der Waals surface area contributed by atoms with Crippen LogP contribution >= 0.6 is 0 Å². The van der Waals surface area contributed by atoms with Gasteiger partial charge in [0, 0.05) is 5.69 Å². The molecule has 0 aliphatic rings. The van der Waals surface area contributed by atoms with Gasteiger partial charge in [-0.1, -0.05) is 13.0 Å². The van der Waals surface area contributed by atoms with Crippen LogP contribution in [0.2, 0.25) is 0 Å². The molecule has 100 valence electrons. The van der Waals surface area contributed by atoms with Crippen LogP contribution in [0.1, 0.15) is 34.2 Å². The second kappa shape index (κ2) is 4.84. The smallest absolute Gasteiger partial charge is 0.340 e. The van der Waals surface area contributed by atoms with Crippen molar-refractivity contribution in [3.63, 3.8) is 0 Å². The summed E-state index contributed by atoms with van der Waals surface area (Å²) < 4.78 is 15.2. The zero-order chi connectivity index (χ0) is 14.2. The molecule has 0 fully saturated rings. The third-order valence-corrected chi connectivity index (χ3v) is 3.23. The summed E-state index contributed by atoms with van der Waals surface area (Å²) in [6, 6.07) is 4.18. The monoisotopic (exact) mass is 262 g/mol. The highest BCUT2D eigenvalue weighted by Crippen LogP contribution is 2.22. The van der Waals surface area contributed by atoms with Crippen LogP contribution in [-0.2, 0) is 6.42 Å². The summed E-state index contributed by atoms with van der Waals surface area (Å²) in [6.45, 7) is 5.72. The molecular weight excluding hydrogens is 247 g/mol. The van der Waals surface area contributed by atoms with Gasteiger partial charge in [0.15, 0.2) is 0 Å². The van der Waals surface area contributed by atoms with Gasteiger partial charge in [-0.15, -0.1) is 0 Å². The van der Waals surface area contributed by atoms with Gasteiger partial charge in [-0.05, 0) is 38.0 Å². The lowest BCUT2D eigenvalue weighted by Crippen LogP contribution is -2.10. The minimum absolute atomic E-state index is 0.257. The van der Waals surface area contributed by atoms with Crippen molar-refractivity contribution >= 4 is 5.97 Å². The lowest BCUT2D eigenvalue weighted by Gasteiger charge is -2.09. The van der Waals surface area contributed by atoms with E-state index in [2.05, 4.69) is 5.10 Å². The van der Waals surface area contributed by atoms with Gasteiger partial charge in [0.1, 0.15) is 11.4 Å². The van der Waals surface area contributed by atoms with Gasteiger partial charge in [-0.25, -0.2) is 13.9 Å². The highest BCUT2D eigenvalue weighted by atomic mass is 19.1. The van der Waals surface area contributed by atoms with E-state index in [1.54, 1.807) is 6.07 Å². The van der Waals surface area contributed by atoms with Gasteiger partial charge >= 0.3 is 5.97 Å². The molecule has 4 nitrogen and oxygen atoms in total. The Morgan fingerprint density at radius 3 is 2.63 bits per heavy atom. The highest BCUT2D eigenvalue weighted by Gasteiger charge is 2.20. The normalized spacial score (nSPS) is 10.7. The molecule has 0 amide bonds. The third-order valence-electron chi connectivity index (χ3n) is 3.23. The molecule has 5 heteroatoms. The van der Waals surface area contributed by atoms with Crippen molar-refractivity contribution in [3.8, 4) is 5.69 Å². The Labute approximate surface area is 110 Å². The molecule has 0 radical (unpaired) electrons. The molecule has 0 unspecified atom stereocenters. The molecule has 0 aliphatic heterocycles. The van der Waals surface area contributed by atoms with E-state index in [9.17, 15) is 9.18 Å². The van der Waals surface area contributed by atoms with E-state index in [0.29, 0.717) is 0 Å². The number of carbonyl (C=O) groups is 1. The Kier molecular flexibility index (Phi) is 3.38. The molecule has 1 N–H and O–H groups in total. The number of aromatic nitrogens is 2. The largest absolute Gasteiger partial charge is 0.478 e. The van der Waals surface area contributed by atoms with Crippen molar-refractivity contribution in [2.24, 2.45) is 0 Å². The average molecular weight is 262 g/mol. The SMILES string of the molecule is CCc1c(C)nn(-c2cccc(F)c2C(=O)O)c1C. The number of carboxylic acid groups (broad SMARTS) is 1. The number of rotatable bonds is 3. The van der Waals surface area contributed by atoms with E-state index < -0.39 is 11.8 Å². The van der Waals surface area contributed by atoms with Gasteiger partial charge in [0.25, 0.3) is 0 Å². The fourth-order valence-corrected chi connectivity index (χ4v) is 2.32. The van der Waals surface area contributed by atoms with E-state index in [1.165, 1.54) is 10.7 Å². The van der Waals surface area contributed by atoms with Gasteiger partial charge in [0.05, 0.1) is 11.4 Å². The second-order valence-electron chi connectivity index (χ2n) is 4.35. The fourth-order valence-electron chi connectivity index (χ4n) is 2.32. The highest BCUT2D eigenvalue weighted by molar-refractivity contribution is 5.92. The lowest BCUT2D eigenvalue weighted by atomic mass is 10.1. The van der Waals surface area contributed by atoms with Crippen molar-refractivity contribution in [3.05, 3.63) is 46.5 Å². The number of halogens is 1. The average Bonchev–Trinajstić information content (AvgIpc) is 2.63. The molecule has 2 rings (SSSR count). The van der Waals surface area contributed by atoms with Crippen molar-refractivity contribution in [1.29, 1.82) is 0 Å². The van der Waals surface area contributed by atoms with Crippen molar-refractivity contribution in [1.82, 2.24) is 9.78 Å². The summed E-state index contributed by atoms with van der Waals surface area (Å²) >= 11 is 0. The van der Waals surface area contributed by atoms with Crippen molar-refractivity contribution in [2.75, 3.05) is 0 Å². The Morgan fingerprint density at radius 1 is 1.42 bits per heavy atom. The fraction of sp³-hybridized carbons (Fsp3) is 0.286. The zero-order valence-electron chi connectivity index (χ0n) is 11.1. The first kappa shape index (κ1) is 13.3. The minimum atomic E-state index is -1.29. The molecule has 0 saturated heterocycles. The summed E-state index contributed by atoms with van der Waals surface area (Å²) in [5.74, 6) is -2.05. The van der Waals surface area contributed by atoms with Crippen LogP contribution in [0.4, 0.5) is 4.39 Å². The van der Waals surface area contributed by atoms with Crippen molar-refractivity contribution < 1.29 is 14.3 Å². The van der Waals surface area contributed by atoms with Gasteiger partial charge in [-0.3, -0.25) is 0 Å². The molecule has 2 aromatic rings. The zero-order valence-corrected chi connectivity index (χ0v) is 11.1. The van der Waals surface area contributed by atoms with Crippen LogP contribution in [0.3, 0.4) is 0 Å². The van der Waals surface area contributed by atoms with Gasteiger partial charge in [0.2, 0.25) is 0 Å².